The number of sulfone groups is 1. The molecule has 0 heterocycles. The number of nitrogens with one attached hydrogen (secondary N) is 2. The maximum Gasteiger partial charge on any atom is 0.319 e. The third-order valence-electron chi connectivity index (χ3n) is 5.29. The number of nitrogens with zero attached hydrogens (tertiary/aromatic N) is 1. The van der Waals surface area contributed by atoms with Crippen molar-refractivity contribution in [2.45, 2.75) is 47.9 Å². The Morgan fingerprint density at radius 3 is 2.50 bits per heavy atom. The van der Waals surface area contributed by atoms with E-state index in [4.69, 9.17) is 23.2 Å². The summed E-state index contributed by atoms with van der Waals surface area (Å²) in [6, 6.07) is 2.02. The molecule has 7 nitrogen and oxygen atoms in total. The average Bonchev–Trinajstić information content (AvgIpc) is 2.92. The van der Waals surface area contributed by atoms with E-state index in [1.807, 2.05) is 25.1 Å². The van der Waals surface area contributed by atoms with Crippen molar-refractivity contribution in [2.24, 2.45) is 0 Å². The zero-order valence-electron chi connectivity index (χ0n) is 15.6. The normalized spacial score (nSPS) is 24.6. The zero-order valence-corrected chi connectivity index (χ0v) is 17.9. The molecule has 1 saturated carbocycles. The van der Waals surface area contributed by atoms with Gasteiger partial charge in [0.05, 0.1) is 22.0 Å². The summed E-state index contributed by atoms with van der Waals surface area (Å²) < 4.78 is 25.9. The standard InChI is InChI=1S/C18H23Cl2N3O4S/c1-23(2)10-8-11(9-10)28(26,27)17-13(20)6-7-15(16(17)24)22-18(25)21-14-5-3-4-12(14)19/h4,6-7,10-11,14,24H,3,5,8-9H2,1-2H3,(H2,21,22,25)/t10?,11?,14-/m1/s1. The molecule has 2 aliphatic carbocycles. The first-order valence-electron chi connectivity index (χ1n) is 8.96. The van der Waals surface area contributed by atoms with Gasteiger partial charge in [-0.3, -0.25) is 0 Å². The number of allylic oxidation sites excluding steroid dienone is 1. The predicted molar refractivity (Wildman–Crippen MR) is 110 cm³/mol. The van der Waals surface area contributed by atoms with Crippen LogP contribution in [0.25, 0.3) is 0 Å². The Labute approximate surface area is 174 Å². The van der Waals surface area contributed by atoms with Gasteiger partial charge in [-0.2, -0.15) is 0 Å². The number of carbonyl (C=O) groups excluding carboxylic acids is 1. The average molecular weight is 448 g/mol. The molecule has 1 fully saturated rings. The van der Waals surface area contributed by atoms with Gasteiger partial charge >= 0.3 is 6.03 Å². The second-order valence-corrected chi connectivity index (χ2v) is 10.4. The van der Waals surface area contributed by atoms with Crippen LogP contribution in [-0.4, -0.2) is 55.9 Å². The Morgan fingerprint density at radius 2 is 1.93 bits per heavy atom. The van der Waals surface area contributed by atoms with E-state index in [1.165, 1.54) is 12.1 Å². The van der Waals surface area contributed by atoms with Crippen LogP contribution in [0.4, 0.5) is 10.5 Å². The highest BCUT2D eigenvalue weighted by Crippen LogP contribution is 2.43. The van der Waals surface area contributed by atoms with E-state index < -0.39 is 26.9 Å². The van der Waals surface area contributed by atoms with Crippen molar-refractivity contribution in [3.63, 3.8) is 0 Å². The smallest absolute Gasteiger partial charge is 0.319 e. The van der Waals surface area contributed by atoms with Crippen LogP contribution < -0.4 is 10.6 Å². The molecule has 0 bridgehead atoms. The molecule has 2 aliphatic rings. The van der Waals surface area contributed by atoms with Gasteiger partial charge < -0.3 is 20.6 Å². The van der Waals surface area contributed by atoms with Gasteiger partial charge in [0.25, 0.3) is 0 Å². The number of urea groups is 1. The lowest BCUT2D eigenvalue weighted by atomic mass is 9.91. The molecule has 3 rings (SSSR count). The summed E-state index contributed by atoms with van der Waals surface area (Å²) in [6.07, 6.45) is 4.23. The van der Waals surface area contributed by atoms with Gasteiger partial charge in [-0.05, 0) is 51.9 Å². The fraction of sp³-hybridized carbons (Fsp3) is 0.500. The highest BCUT2D eigenvalue weighted by atomic mass is 35.5. The molecule has 28 heavy (non-hydrogen) atoms. The first-order chi connectivity index (χ1) is 13.1. The van der Waals surface area contributed by atoms with Crippen molar-refractivity contribution >= 4 is 44.8 Å². The van der Waals surface area contributed by atoms with Crippen molar-refractivity contribution in [2.75, 3.05) is 19.4 Å². The minimum atomic E-state index is -3.83. The molecule has 0 radical (unpaired) electrons. The van der Waals surface area contributed by atoms with Gasteiger partial charge in [-0.25, -0.2) is 13.2 Å². The highest BCUT2D eigenvalue weighted by Gasteiger charge is 2.42. The number of hydrogen-bond acceptors (Lipinski definition) is 5. The quantitative estimate of drug-likeness (QED) is 0.601. The van der Waals surface area contributed by atoms with Gasteiger partial charge in [0, 0.05) is 11.1 Å². The molecular weight excluding hydrogens is 425 g/mol. The van der Waals surface area contributed by atoms with E-state index >= 15 is 0 Å². The predicted octanol–water partition coefficient (Wildman–Crippen LogP) is 3.32. The SMILES string of the molecule is CN(C)C1CC(S(=O)(=O)c2c(Cl)ccc(NC(=O)N[C@@H]3CCC=C3Cl)c2O)C1. The molecule has 1 aromatic carbocycles. The van der Waals surface area contributed by atoms with Crippen LogP contribution in [0.15, 0.2) is 28.1 Å². The van der Waals surface area contributed by atoms with Gasteiger partial charge in [0.1, 0.15) is 4.90 Å². The summed E-state index contributed by atoms with van der Waals surface area (Å²) in [7, 11) is -0.0385. The number of aromatic hydroxyl groups is 1. The number of phenolic OH excluding ortho intramolecular Hbond substituents is 1. The van der Waals surface area contributed by atoms with Gasteiger partial charge in [-0.15, -0.1) is 0 Å². The summed E-state index contributed by atoms with van der Waals surface area (Å²) in [4.78, 5) is 13.9. The monoisotopic (exact) mass is 447 g/mol. The van der Waals surface area contributed by atoms with Crippen molar-refractivity contribution in [1.29, 1.82) is 0 Å². The maximum atomic E-state index is 13.0. The molecule has 1 aromatic rings. The number of carbonyl (C=O) groups is 1. The first kappa shape index (κ1) is 21.2. The second-order valence-electron chi connectivity index (χ2n) is 7.35. The maximum absolute atomic E-state index is 13.0. The molecule has 0 aliphatic heterocycles. The third kappa shape index (κ3) is 4.10. The van der Waals surface area contributed by atoms with E-state index in [-0.39, 0.29) is 27.7 Å². The number of halogens is 2. The Balaban J connectivity index is 1.78. The number of hydrogen-bond donors (Lipinski definition) is 3. The van der Waals surface area contributed by atoms with E-state index in [9.17, 15) is 18.3 Å². The molecule has 154 valence electrons. The van der Waals surface area contributed by atoms with Crippen LogP contribution >= 0.6 is 23.2 Å². The summed E-state index contributed by atoms with van der Waals surface area (Å²) in [5.74, 6) is -0.552. The van der Waals surface area contributed by atoms with E-state index in [0.29, 0.717) is 24.3 Å². The Kier molecular flexibility index (Phi) is 6.14. The van der Waals surface area contributed by atoms with Gasteiger partial charge in [0.15, 0.2) is 15.6 Å². The fourth-order valence-electron chi connectivity index (χ4n) is 3.42. The summed E-state index contributed by atoms with van der Waals surface area (Å²) in [6.45, 7) is 0. The third-order valence-corrected chi connectivity index (χ3v) is 8.38. The van der Waals surface area contributed by atoms with Crippen LogP contribution in [0.5, 0.6) is 5.75 Å². The minimum Gasteiger partial charge on any atom is -0.504 e. The lowest BCUT2D eigenvalue weighted by Crippen LogP contribution is -2.47. The summed E-state index contributed by atoms with van der Waals surface area (Å²) in [5, 5.41) is 15.6. The Bertz CT molecular complexity index is 912. The second kappa shape index (κ2) is 8.10. The molecule has 10 heteroatoms. The largest absolute Gasteiger partial charge is 0.504 e. The van der Waals surface area contributed by atoms with Crippen molar-refractivity contribution in [3.05, 3.63) is 28.3 Å². The number of benzene rings is 1. The zero-order chi connectivity index (χ0) is 20.6. The molecular formula is C18H23Cl2N3O4S. The van der Waals surface area contributed by atoms with Crippen LogP contribution in [0, 0.1) is 0 Å². The van der Waals surface area contributed by atoms with Crippen molar-refractivity contribution in [3.8, 4) is 5.75 Å². The van der Waals surface area contributed by atoms with E-state index in [1.54, 1.807) is 0 Å². The molecule has 1 atom stereocenters. The van der Waals surface area contributed by atoms with E-state index in [0.717, 1.165) is 6.42 Å². The van der Waals surface area contributed by atoms with Crippen molar-refractivity contribution < 1.29 is 18.3 Å². The molecule has 3 N–H and O–H groups in total. The van der Waals surface area contributed by atoms with Crippen LogP contribution in [-0.2, 0) is 9.84 Å². The van der Waals surface area contributed by atoms with Crippen LogP contribution in [0.2, 0.25) is 5.02 Å². The molecule has 2 amide bonds. The molecule has 0 spiro atoms. The Morgan fingerprint density at radius 1 is 1.25 bits per heavy atom. The first-order valence-corrected chi connectivity index (χ1v) is 11.3. The lowest BCUT2D eigenvalue weighted by Gasteiger charge is -2.39. The number of anilines is 1. The van der Waals surface area contributed by atoms with E-state index in [2.05, 4.69) is 10.6 Å². The summed E-state index contributed by atoms with van der Waals surface area (Å²) >= 11 is 12.1. The number of rotatable bonds is 5. The number of phenols is 1. The highest BCUT2D eigenvalue weighted by molar-refractivity contribution is 7.92. The van der Waals surface area contributed by atoms with Gasteiger partial charge in [-0.1, -0.05) is 29.3 Å². The van der Waals surface area contributed by atoms with Crippen LogP contribution in [0.3, 0.4) is 0 Å². The lowest BCUT2D eigenvalue weighted by molar-refractivity contribution is 0.196. The molecule has 0 saturated heterocycles. The van der Waals surface area contributed by atoms with Gasteiger partial charge in [0.2, 0.25) is 0 Å². The topological polar surface area (TPSA) is 98.7 Å². The molecule has 0 unspecified atom stereocenters. The fourth-order valence-corrected chi connectivity index (χ4v) is 6.17. The Hall–Kier alpha value is -1.48. The van der Waals surface area contributed by atoms with Crippen molar-refractivity contribution in [1.82, 2.24) is 10.2 Å². The van der Waals surface area contributed by atoms with Crippen LogP contribution in [0.1, 0.15) is 25.7 Å². The number of amides is 2. The molecule has 0 aromatic heterocycles. The minimum absolute atomic E-state index is 0.0259. The summed E-state index contributed by atoms with van der Waals surface area (Å²) in [5.41, 5.74) is -0.0259.